The van der Waals surface area contributed by atoms with E-state index in [-0.39, 0.29) is 43.2 Å². The predicted molar refractivity (Wildman–Crippen MR) is 42.7 cm³/mol. The summed E-state index contributed by atoms with van der Waals surface area (Å²) in [5.74, 6) is -2.87. The summed E-state index contributed by atoms with van der Waals surface area (Å²) in [6.45, 7) is 2.27. The van der Waals surface area contributed by atoms with Gasteiger partial charge in [-0.15, -0.1) is 0 Å². The smallest absolute Gasteiger partial charge is 0.547 e. The summed E-state index contributed by atoms with van der Waals surface area (Å²) >= 11 is 0. The Morgan fingerprint density at radius 1 is 1.00 bits per heavy atom. The Morgan fingerprint density at radius 3 is 1.07 bits per heavy atom. The average molecular weight is 236 g/mol. The number of rotatable bonds is 2. The first-order chi connectivity index (χ1) is 5.29. The van der Waals surface area contributed by atoms with Crippen LogP contribution in [0, 0.1) is 0 Å². The van der Waals surface area contributed by atoms with Gasteiger partial charge in [0.05, 0.1) is 24.1 Å². The van der Waals surface area contributed by atoms with E-state index in [9.17, 15) is 19.8 Å². The first-order valence-electron chi connectivity index (χ1n) is 3.06. The molecule has 2 unspecified atom stereocenters. The molecule has 0 fully saturated rings. The first-order valence-corrected chi connectivity index (χ1v) is 3.06. The summed E-state index contributed by atoms with van der Waals surface area (Å²) in [6.07, 6.45) is -2.69. The van der Waals surface area contributed by atoms with Gasteiger partial charge in [-0.25, -0.2) is 0 Å². The second-order valence-corrected chi connectivity index (χ2v) is 1.99. The van der Waals surface area contributed by atoms with Crippen LogP contribution in [0.1, 0.15) is 13.8 Å². The molecule has 8 heteroatoms. The van der Waals surface area contributed by atoms with Crippen LogP contribution in [0.15, 0.2) is 0 Å². The van der Waals surface area contributed by atoms with Crippen LogP contribution in [0.3, 0.4) is 0 Å². The molecule has 0 saturated heterocycles. The van der Waals surface area contributed by atoms with Gasteiger partial charge in [0.2, 0.25) is 0 Å². The molecule has 0 rings (SSSR count). The van der Waals surface area contributed by atoms with Gasteiger partial charge in [-0.05, 0) is 13.8 Å². The van der Waals surface area contributed by atoms with Crippen LogP contribution in [0.4, 0.5) is 0 Å². The average Bonchev–Trinajstić information content (AvgIpc) is 1.88. The molecule has 2 atom stereocenters. The van der Waals surface area contributed by atoms with Crippen molar-refractivity contribution in [1.29, 1.82) is 0 Å². The zero-order chi connectivity index (χ0) is 10.3. The van der Waals surface area contributed by atoms with Crippen molar-refractivity contribution in [2.24, 2.45) is 0 Å². The normalized spacial score (nSPS) is 11.7. The SMILES string of the molecule is CC(O)C(=O)[O-].CC(O)C(=O)[O-].O.[Ca+2]. The molecule has 0 aromatic rings. The number of hydrogen-bond donors (Lipinski definition) is 2. The van der Waals surface area contributed by atoms with E-state index in [2.05, 4.69) is 0 Å². The minimum Gasteiger partial charge on any atom is -0.547 e. The van der Waals surface area contributed by atoms with Crippen molar-refractivity contribution in [3.8, 4) is 0 Å². The standard InChI is InChI=1S/2C3H6O3.Ca.H2O/c2*1-2(4)3(5)6;;/h2*2,4H,1H3,(H,5,6);;1H2/q;;+2;/p-2. The van der Waals surface area contributed by atoms with E-state index >= 15 is 0 Å². The van der Waals surface area contributed by atoms with Crippen LogP contribution in [0.5, 0.6) is 0 Å². The molecule has 0 aliphatic heterocycles. The van der Waals surface area contributed by atoms with E-state index in [1.807, 2.05) is 0 Å². The second kappa shape index (κ2) is 13.1. The molecule has 0 aromatic carbocycles. The topological polar surface area (TPSA) is 152 Å². The van der Waals surface area contributed by atoms with Crippen molar-refractivity contribution in [2.75, 3.05) is 0 Å². The monoisotopic (exact) mass is 236 g/mol. The van der Waals surface area contributed by atoms with Crippen molar-refractivity contribution in [2.45, 2.75) is 26.1 Å². The van der Waals surface area contributed by atoms with Crippen molar-refractivity contribution in [3.63, 3.8) is 0 Å². The van der Waals surface area contributed by atoms with Gasteiger partial charge in [0.1, 0.15) is 0 Å². The molecule has 0 radical (unpaired) electrons. The number of carbonyl (C=O) groups is 2. The summed E-state index contributed by atoms with van der Waals surface area (Å²) in [5, 5.41) is 34.6. The Balaban J connectivity index is -0.0000000625. The maximum atomic E-state index is 9.34. The van der Waals surface area contributed by atoms with Gasteiger partial charge in [0, 0.05) is 0 Å². The molecule has 4 N–H and O–H groups in total. The van der Waals surface area contributed by atoms with E-state index in [1.165, 1.54) is 0 Å². The van der Waals surface area contributed by atoms with Gasteiger partial charge in [-0.1, -0.05) is 0 Å². The summed E-state index contributed by atoms with van der Waals surface area (Å²) in [4.78, 5) is 18.7. The van der Waals surface area contributed by atoms with Crippen molar-refractivity contribution >= 4 is 49.7 Å². The Hall–Kier alpha value is 0.0797. The maximum Gasteiger partial charge on any atom is 2.00 e. The fourth-order valence-electron chi connectivity index (χ4n) is 0. The molecule has 0 aromatic heterocycles. The molecule has 0 heterocycles. The summed E-state index contributed by atoms with van der Waals surface area (Å²) in [5.41, 5.74) is 0. The summed E-state index contributed by atoms with van der Waals surface area (Å²) in [6, 6.07) is 0. The van der Waals surface area contributed by atoms with E-state index in [4.69, 9.17) is 10.2 Å². The Bertz CT molecular complexity index is 138. The van der Waals surface area contributed by atoms with Crippen LogP contribution >= 0.6 is 0 Å². The van der Waals surface area contributed by atoms with Gasteiger partial charge >= 0.3 is 37.7 Å². The van der Waals surface area contributed by atoms with Crippen LogP contribution in [-0.4, -0.2) is 77.6 Å². The number of aliphatic hydroxyl groups excluding tert-OH is 2. The minimum absolute atomic E-state index is 0. The summed E-state index contributed by atoms with van der Waals surface area (Å²) < 4.78 is 0. The third-order valence-corrected chi connectivity index (χ3v) is 0.682. The molecule has 0 bridgehead atoms. The largest absolute Gasteiger partial charge is 2.00 e. The predicted octanol–water partition coefficient (Wildman–Crippen LogP) is -4.97. The van der Waals surface area contributed by atoms with Crippen LogP contribution in [-0.2, 0) is 9.59 Å². The Morgan fingerprint density at radius 2 is 1.07 bits per heavy atom. The van der Waals surface area contributed by atoms with Crippen LogP contribution < -0.4 is 10.2 Å². The zero-order valence-electron chi connectivity index (χ0n) is 7.89. The number of aliphatic carboxylic acids is 2. The van der Waals surface area contributed by atoms with Crippen molar-refractivity contribution in [3.05, 3.63) is 0 Å². The van der Waals surface area contributed by atoms with Crippen molar-refractivity contribution in [1.82, 2.24) is 0 Å². The third kappa shape index (κ3) is 22.7. The molecule has 0 aliphatic carbocycles. The first kappa shape index (κ1) is 23.7. The third-order valence-electron chi connectivity index (χ3n) is 0.682. The molecule has 0 spiro atoms. The number of carbonyl (C=O) groups excluding carboxylic acids is 2. The molecular weight excluding hydrogens is 224 g/mol. The quantitative estimate of drug-likeness (QED) is 0.458. The van der Waals surface area contributed by atoms with Gasteiger partial charge in [-0.2, -0.15) is 0 Å². The van der Waals surface area contributed by atoms with Gasteiger partial charge < -0.3 is 35.5 Å². The van der Waals surface area contributed by atoms with Crippen LogP contribution in [0.2, 0.25) is 0 Å². The molecule has 7 nitrogen and oxygen atoms in total. The maximum absolute atomic E-state index is 9.34. The second-order valence-electron chi connectivity index (χ2n) is 1.99. The zero-order valence-corrected chi connectivity index (χ0v) is 10.1. The molecule has 0 aliphatic rings. The minimum atomic E-state index is -1.44. The van der Waals surface area contributed by atoms with Crippen molar-refractivity contribution < 1.29 is 35.5 Å². The Labute approximate surface area is 111 Å². The van der Waals surface area contributed by atoms with E-state index in [1.54, 1.807) is 0 Å². The number of carboxylic acid groups (broad SMARTS) is 2. The number of carboxylic acids is 2. The van der Waals surface area contributed by atoms with E-state index < -0.39 is 24.1 Å². The van der Waals surface area contributed by atoms with Crippen LogP contribution in [0.25, 0.3) is 0 Å². The molecule has 0 saturated carbocycles. The van der Waals surface area contributed by atoms with E-state index in [0.717, 1.165) is 13.8 Å². The summed E-state index contributed by atoms with van der Waals surface area (Å²) in [7, 11) is 0. The molecule has 0 amide bonds. The fourth-order valence-corrected chi connectivity index (χ4v) is 0. The molecular formula is C6H12CaO7. The van der Waals surface area contributed by atoms with E-state index in [0.29, 0.717) is 0 Å². The number of aliphatic hydroxyl groups is 2. The fraction of sp³-hybridized carbons (Fsp3) is 0.667. The molecule has 14 heavy (non-hydrogen) atoms. The molecule has 80 valence electrons. The van der Waals surface area contributed by atoms with Gasteiger partial charge in [-0.3, -0.25) is 0 Å². The van der Waals surface area contributed by atoms with Gasteiger partial charge in [0.25, 0.3) is 0 Å². The number of hydrogen-bond acceptors (Lipinski definition) is 6. The Kier molecular flexibility index (Phi) is 22.1. The van der Waals surface area contributed by atoms with Gasteiger partial charge in [0.15, 0.2) is 0 Å².